The Bertz CT molecular complexity index is 726. The van der Waals surface area contributed by atoms with Gasteiger partial charge in [0.25, 0.3) is 5.89 Å². The van der Waals surface area contributed by atoms with E-state index >= 15 is 0 Å². The molecule has 3 N–H and O–H groups in total. The summed E-state index contributed by atoms with van der Waals surface area (Å²) < 4.78 is 5.06. The lowest BCUT2D eigenvalue weighted by atomic mass is 10.1. The standard InChI is InChI=1S/C14H14N4O2/c15-6-5-12(19)14-17-13(18-20-14)10-3-4-11-9(8-10)2-1-7-16-11/h1-4,7-8,12,19H,5-6,15H2. The highest BCUT2D eigenvalue weighted by molar-refractivity contribution is 5.82. The van der Waals surface area contributed by atoms with Crippen molar-refractivity contribution in [1.82, 2.24) is 15.1 Å². The number of nitrogens with zero attached hydrogens (tertiary/aromatic N) is 3. The van der Waals surface area contributed by atoms with Crippen LogP contribution in [-0.2, 0) is 0 Å². The fourth-order valence-electron chi connectivity index (χ4n) is 1.98. The highest BCUT2D eigenvalue weighted by Gasteiger charge is 2.16. The van der Waals surface area contributed by atoms with Crippen LogP contribution in [0.1, 0.15) is 18.4 Å². The Morgan fingerprint density at radius 3 is 3.05 bits per heavy atom. The minimum absolute atomic E-state index is 0.191. The summed E-state index contributed by atoms with van der Waals surface area (Å²) in [6.07, 6.45) is 1.32. The number of nitrogens with two attached hydrogens (primary N) is 1. The number of benzene rings is 1. The van der Waals surface area contributed by atoms with Gasteiger partial charge in [0.1, 0.15) is 6.10 Å². The summed E-state index contributed by atoms with van der Waals surface area (Å²) in [7, 11) is 0. The maximum absolute atomic E-state index is 9.77. The summed E-state index contributed by atoms with van der Waals surface area (Å²) in [6.45, 7) is 0.362. The number of aliphatic hydroxyl groups is 1. The molecule has 0 aliphatic carbocycles. The molecule has 1 atom stereocenters. The van der Waals surface area contributed by atoms with Crippen LogP contribution in [-0.4, -0.2) is 26.8 Å². The zero-order valence-corrected chi connectivity index (χ0v) is 10.7. The maximum atomic E-state index is 9.77. The van der Waals surface area contributed by atoms with Crippen molar-refractivity contribution in [1.29, 1.82) is 0 Å². The zero-order chi connectivity index (χ0) is 13.9. The van der Waals surface area contributed by atoms with Crippen LogP contribution < -0.4 is 5.73 Å². The Morgan fingerprint density at radius 1 is 1.30 bits per heavy atom. The first-order chi connectivity index (χ1) is 9.78. The third-order valence-corrected chi connectivity index (χ3v) is 3.03. The topological polar surface area (TPSA) is 98.1 Å². The highest BCUT2D eigenvalue weighted by Crippen LogP contribution is 2.23. The lowest BCUT2D eigenvalue weighted by Crippen LogP contribution is -2.06. The number of pyridine rings is 1. The third-order valence-electron chi connectivity index (χ3n) is 3.03. The molecular weight excluding hydrogens is 256 g/mol. The van der Waals surface area contributed by atoms with E-state index in [1.165, 1.54) is 0 Å². The Labute approximate surface area is 115 Å². The molecular formula is C14H14N4O2. The van der Waals surface area contributed by atoms with Gasteiger partial charge in [-0.15, -0.1) is 0 Å². The molecule has 0 bridgehead atoms. The van der Waals surface area contributed by atoms with E-state index in [1.54, 1.807) is 6.20 Å². The molecule has 1 unspecified atom stereocenters. The second-order valence-corrected chi connectivity index (χ2v) is 4.46. The molecule has 0 aliphatic heterocycles. The number of fused-ring (bicyclic) bond motifs is 1. The minimum Gasteiger partial charge on any atom is -0.383 e. The Hall–Kier alpha value is -2.31. The average Bonchev–Trinajstić information content (AvgIpc) is 2.97. The van der Waals surface area contributed by atoms with E-state index in [0.717, 1.165) is 16.5 Å². The first-order valence-electron chi connectivity index (χ1n) is 6.35. The van der Waals surface area contributed by atoms with Gasteiger partial charge in [-0.25, -0.2) is 0 Å². The van der Waals surface area contributed by atoms with Crippen molar-refractivity contribution in [2.24, 2.45) is 5.73 Å². The molecule has 0 spiro atoms. The summed E-state index contributed by atoms with van der Waals surface area (Å²) in [4.78, 5) is 8.46. The molecule has 102 valence electrons. The largest absolute Gasteiger partial charge is 0.383 e. The molecule has 3 aromatic rings. The monoisotopic (exact) mass is 270 g/mol. The van der Waals surface area contributed by atoms with Crippen LogP contribution in [0.5, 0.6) is 0 Å². The molecule has 0 saturated heterocycles. The van der Waals surface area contributed by atoms with E-state index in [1.807, 2.05) is 30.3 Å². The number of hydrogen-bond donors (Lipinski definition) is 2. The van der Waals surface area contributed by atoms with Crippen LogP contribution in [0.25, 0.3) is 22.3 Å². The molecule has 2 aromatic heterocycles. The lowest BCUT2D eigenvalue weighted by molar-refractivity contribution is 0.127. The quantitative estimate of drug-likeness (QED) is 0.748. The van der Waals surface area contributed by atoms with Crippen molar-refractivity contribution in [2.75, 3.05) is 6.54 Å². The fraction of sp³-hybridized carbons (Fsp3) is 0.214. The number of aromatic nitrogens is 3. The Morgan fingerprint density at radius 2 is 2.20 bits per heavy atom. The normalized spacial score (nSPS) is 12.7. The van der Waals surface area contributed by atoms with Crippen molar-refractivity contribution in [2.45, 2.75) is 12.5 Å². The van der Waals surface area contributed by atoms with Crippen LogP contribution in [0, 0.1) is 0 Å². The van der Waals surface area contributed by atoms with Crippen molar-refractivity contribution in [3.05, 3.63) is 42.4 Å². The minimum atomic E-state index is -0.816. The molecule has 0 saturated carbocycles. The molecule has 0 radical (unpaired) electrons. The van der Waals surface area contributed by atoms with E-state index in [2.05, 4.69) is 15.1 Å². The van der Waals surface area contributed by atoms with Gasteiger partial charge in [-0.05, 0) is 37.2 Å². The fourth-order valence-corrected chi connectivity index (χ4v) is 1.98. The van der Waals surface area contributed by atoms with Crippen LogP contribution in [0.4, 0.5) is 0 Å². The average molecular weight is 270 g/mol. The molecule has 0 aliphatic rings. The number of hydrogen-bond acceptors (Lipinski definition) is 6. The molecule has 0 amide bonds. The summed E-state index contributed by atoms with van der Waals surface area (Å²) in [5, 5.41) is 14.7. The smallest absolute Gasteiger partial charge is 0.255 e. The molecule has 1 aromatic carbocycles. The first kappa shape index (κ1) is 12.7. The van der Waals surface area contributed by atoms with Crippen LogP contribution in [0.2, 0.25) is 0 Å². The van der Waals surface area contributed by atoms with Gasteiger partial charge >= 0.3 is 0 Å². The van der Waals surface area contributed by atoms with E-state index in [4.69, 9.17) is 10.3 Å². The van der Waals surface area contributed by atoms with Gasteiger partial charge in [0.15, 0.2) is 0 Å². The van der Waals surface area contributed by atoms with Gasteiger partial charge in [-0.1, -0.05) is 11.2 Å². The molecule has 6 nitrogen and oxygen atoms in total. The van der Waals surface area contributed by atoms with Gasteiger partial charge in [0.2, 0.25) is 5.82 Å². The van der Waals surface area contributed by atoms with E-state index in [0.29, 0.717) is 18.8 Å². The maximum Gasteiger partial charge on any atom is 0.255 e. The molecule has 2 heterocycles. The van der Waals surface area contributed by atoms with Gasteiger partial charge in [-0.2, -0.15) is 4.98 Å². The van der Waals surface area contributed by atoms with Gasteiger partial charge in [0, 0.05) is 17.1 Å². The van der Waals surface area contributed by atoms with Gasteiger partial charge in [0.05, 0.1) is 5.52 Å². The zero-order valence-electron chi connectivity index (χ0n) is 10.7. The Balaban J connectivity index is 1.94. The predicted molar refractivity (Wildman–Crippen MR) is 73.7 cm³/mol. The summed E-state index contributed by atoms with van der Waals surface area (Å²) in [6, 6.07) is 9.55. The van der Waals surface area contributed by atoms with Crippen molar-refractivity contribution < 1.29 is 9.63 Å². The molecule has 6 heteroatoms. The van der Waals surface area contributed by atoms with Gasteiger partial charge < -0.3 is 15.4 Å². The first-order valence-corrected chi connectivity index (χ1v) is 6.35. The number of rotatable bonds is 4. The third kappa shape index (κ3) is 2.38. The van der Waals surface area contributed by atoms with E-state index < -0.39 is 6.10 Å². The summed E-state index contributed by atoms with van der Waals surface area (Å²) in [5.74, 6) is 0.638. The molecule has 20 heavy (non-hydrogen) atoms. The van der Waals surface area contributed by atoms with Crippen molar-refractivity contribution >= 4 is 10.9 Å². The SMILES string of the molecule is NCCC(O)c1nc(-c2ccc3ncccc3c2)no1. The Kier molecular flexibility index (Phi) is 3.41. The summed E-state index contributed by atoms with van der Waals surface area (Å²) >= 11 is 0. The van der Waals surface area contributed by atoms with Crippen LogP contribution in [0.3, 0.4) is 0 Å². The van der Waals surface area contributed by atoms with Crippen LogP contribution in [0.15, 0.2) is 41.1 Å². The second kappa shape index (κ2) is 5.36. The van der Waals surface area contributed by atoms with Gasteiger partial charge in [-0.3, -0.25) is 4.98 Å². The highest BCUT2D eigenvalue weighted by atomic mass is 16.5. The number of aliphatic hydroxyl groups excluding tert-OH is 1. The van der Waals surface area contributed by atoms with E-state index in [-0.39, 0.29) is 5.89 Å². The van der Waals surface area contributed by atoms with Crippen molar-refractivity contribution in [3.63, 3.8) is 0 Å². The molecule has 0 fully saturated rings. The van der Waals surface area contributed by atoms with Crippen molar-refractivity contribution in [3.8, 4) is 11.4 Å². The summed E-state index contributed by atoms with van der Waals surface area (Å²) in [5.41, 5.74) is 7.12. The molecule has 3 rings (SSSR count). The van der Waals surface area contributed by atoms with E-state index in [9.17, 15) is 5.11 Å². The second-order valence-electron chi connectivity index (χ2n) is 4.46. The predicted octanol–water partition coefficient (Wildman–Crippen LogP) is 1.67. The van der Waals surface area contributed by atoms with Crippen LogP contribution >= 0.6 is 0 Å². The lowest BCUT2D eigenvalue weighted by Gasteiger charge is -2.01.